The predicted molar refractivity (Wildman–Crippen MR) is 147 cm³/mol. The lowest BCUT2D eigenvalue weighted by atomic mass is 9.81. The normalized spacial score (nSPS) is 25.5. The van der Waals surface area contributed by atoms with Gasteiger partial charge in [-0.15, -0.1) is 0 Å². The monoisotopic (exact) mass is 495 g/mol. The number of hydrogen-bond acceptors (Lipinski definition) is 3. The first kappa shape index (κ1) is 21.0. The zero-order valence-corrected chi connectivity index (χ0v) is 21.0. The minimum Gasteiger partial charge on any atom is -0.356 e. The van der Waals surface area contributed by atoms with Crippen molar-refractivity contribution in [1.82, 2.24) is 0 Å². The summed E-state index contributed by atoms with van der Waals surface area (Å²) >= 11 is 1.61. The van der Waals surface area contributed by atoms with Crippen LogP contribution >= 0.6 is 0 Å². The van der Waals surface area contributed by atoms with Crippen molar-refractivity contribution in [2.24, 2.45) is 0 Å². The smallest absolute Gasteiger partial charge is 0.239 e. The third-order valence-corrected chi connectivity index (χ3v) is 7.93. The van der Waals surface area contributed by atoms with E-state index in [9.17, 15) is 2.74 Å². The highest BCUT2D eigenvalue weighted by Gasteiger charge is 2.47. The SMILES string of the molecule is [2H]C1([2H])C(C2(c3ccccc3)OCCCC(OC)O2)=C(c2ccc(C=C)cc2)C=C2[S+]=c3ccccc3=C21. The zero-order chi connectivity index (χ0) is 26.3. The fourth-order valence-electron chi connectivity index (χ4n) is 4.97. The minimum atomic E-state index is -1.91. The van der Waals surface area contributed by atoms with Gasteiger partial charge in [-0.25, -0.2) is 0 Å². The van der Waals surface area contributed by atoms with E-state index in [1.54, 1.807) is 24.5 Å². The summed E-state index contributed by atoms with van der Waals surface area (Å²) < 4.78 is 39.8. The van der Waals surface area contributed by atoms with E-state index in [-0.39, 0.29) is 0 Å². The molecule has 3 aliphatic rings. The molecule has 0 spiro atoms. The van der Waals surface area contributed by atoms with Crippen molar-refractivity contribution in [3.8, 4) is 0 Å². The second kappa shape index (κ2) is 9.72. The van der Waals surface area contributed by atoms with Gasteiger partial charge >= 0.3 is 0 Å². The summed E-state index contributed by atoms with van der Waals surface area (Å²) in [7, 11) is 1.63. The highest BCUT2D eigenvalue weighted by Crippen LogP contribution is 2.49. The van der Waals surface area contributed by atoms with E-state index < -0.39 is 18.5 Å². The van der Waals surface area contributed by atoms with Crippen molar-refractivity contribution in [3.63, 3.8) is 0 Å². The summed E-state index contributed by atoms with van der Waals surface area (Å²) in [5.74, 6) is -1.49. The maximum absolute atomic E-state index is 9.81. The standard InChI is InChI=1S/C32H29O3S/c1-3-22-15-17-23(18-16-22)26-21-30-27(25-12-7-8-13-29(25)36-30)20-28(26)32(24-10-5-4-6-11-24)34-19-9-14-31(33-2)35-32/h3-8,10-13,15-18,21,31H,1,9,14,19-20H2,2H3/q+1/i20D2. The average Bonchev–Trinajstić information content (AvgIpc) is 3.20. The molecule has 3 nitrogen and oxygen atoms in total. The number of ether oxygens (including phenoxy) is 3. The Morgan fingerprint density at radius 1 is 1.06 bits per heavy atom. The Bertz CT molecular complexity index is 1570. The van der Waals surface area contributed by atoms with Crippen LogP contribution in [0.25, 0.3) is 17.2 Å². The van der Waals surface area contributed by atoms with Crippen LogP contribution < -0.4 is 5.22 Å². The maximum Gasteiger partial charge on any atom is 0.239 e. The van der Waals surface area contributed by atoms with Crippen LogP contribution in [0.15, 0.2) is 102 Å². The first-order chi connectivity index (χ1) is 18.5. The van der Waals surface area contributed by atoms with Crippen molar-refractivity contribution in [2.45, 2.75) is 31.3 Å². The number of benzene rings is 3. The Morgan fingerprint density at radius 2 is 1.83 bits per heavy atom. The van der Waals surface area contributed by atoms with Crippen LogP contribution in [0, 0.1) is 4.51 Å². The van der Waals surface area contributed by atoms with Crippen LogP contribution in [0.4, 0.5) is 0 Å². The molecule has 2 heterocycles. The molecule has 36 heavy (non-hydrogen) atoms. The average molecular weight is 496 g/mol. The highest BCUT2D eigenvalue weighted by atomic mass is 32.1. The Balaban J connectivity index is 1.72. The molecular weight excluding hydrogens is 464 g/mol. The van der Waals surface area contributed by atoms with Crippen LogP contribution in [0.5, 0.6) is 0 Å². The third-order valence-electron chi connectivity index (χ3n) is 6.81. The molecule has 3 aromatic rings. The van der Waals surface area contributed by atoms with Gasteiger partial charge in [-0.1, -0.05) is 79.4 Å². The molecule has 4 heteroatoms. The van der Waals surface area contributed by atoms with Crippen LogP contribution in [0.1, 0.15) is 38.6 Å². The molecule has 0 saturated carbocycles. The van der Waals surface area contributed by atoms with E-state index in [1.807, 2.05) is 78.9 Å². The molecule has 1 fully saturated rings. The topological polar surface area (TPSA) is 27.7 Å². The fourth-order valence-corrected chi connectivity index (χ4v) is 6.07. The molecule has 6 rings (SSSR count). The first-order valence-electron chi connectivity index (χ1n) is 13.2. The van der Waals surface area contributed by atoms with Crippen molar-refractivity contribution in [2.75, 3.05) is 13.7 Å². The molecule has 1 saturated heterocycles. The summed E-state index contributed by atoms with van der Waals surface area (Å²) in [6.07, 6.45) is 2.84. The number of methoxy groups -OCH3 is 1. The number of fused-ring (bicyclic) bond motifs is 2. The van der Waals surface area contributed by atoms with Gasteiger partial charge in [-0.3, -0.25) is 0 Å². The first-order valence-corrected chi connectivity index (χ1v) is 13.0. The second-order valence-corrected chi connectivity index (χ2v) is 10.1. The number of allylic oxidation sites excluding steroid dienone is 3. The van der Waals surface area contributed by atoms with Gasteiger partial charge in [0.15, 0.2) is 6.29 Å². The van der Waals surface area contributed by atoms with Crippen molar-refractivity contribution >= 4 is 28.6 Å². The summed E-state index contributed by atoms with van der Waals surface area (Å²) in [6, 6.07) is 25.7. The quantitative estimate of drug-likeness (QED) is 0.311. The predicted octanol–water partition coefficient (Wildman–Crippen LogP) is 6.22. The largest absolute Gasteiger partial charge is 0.356 e. The molecule has 180 valence electrons. The zero-order valence-electron chi connectivity index (χ0n) is 22.2. The van der Waals surface area contributed by atoms with E-state index in [1.165, 1.54) is 0 Å². The van der Waals surface area contributed by atoms with Gasteiger partial charge in [-0.05, 0) is 29.2 Å². The van der Waals surface area contributed by atoms with E-state index in [4.69, 9.17) is 14.2 Å². The molecular formula is C32H29O3S+. The molecule has 0 bridgehead atoms. The van der Waals surface area contributed by atoms with Gasteiger partial charge in [0.2, 0.25) is 26.6 Å². The Labute approximate surface area is 218 Å². The van der Waals surface area contributed by atoms with E-state index in [2.05, 4.69) is 12.7 Å². The summed E-state index contributed by atoms with van der Waals surface area (Å²) in [5.41, 5.74) is 4.46. The number of rotatable bonds is 5. The van der Waals surface area contributed by atoms with Crippen molar-refractivity contribution < 1.29 is 17.0 Å². The highest BCUT2D eigenvalue weighted by molar-refractivity contribution is 7.75. The lowest BCUT2D eigenvalue weighted by molar-refractivity contribution is -0.280. The number of hydrogen-bond donors (Lipinski definition) is 0. The molecule has 2 atom stereocenters. The van der Waals surface area contributed by atoms with Crippen molar-refractivity contribution in [3.05, 3.63) is 128 Å². The third kappa shape index (κ3) is 4.00. The van der Waals surface area contributed by atoms with Gasteiger partial charge in [0.05, 0.1) is 6.61 Å². The van der Waals surface area contributed by atoms with Gasteiger partial charge in [0.1, 0.15) is 0 Å². The van der Waals surface area contributed by atoms with Gasteiger partial charge in [-0.2, -0.15) is 0 Å². The van der Waals surface area contributed by atoms with Crippen LogP contribution in [0.3, 0.4) is 0 Å². The summed E-state index contributed by atoms with van der Waals surface area (Å²) in [5, 5.41) is 0.910. The van der Waals surface area contributed by atoms with Crippen LogP contribution in [-0.4, -0.2) is 20.0 Å². The molecule has 0 aromatic heterocycles. The van der Waals surface area contributed by atoms with Gasteiger partial charge in [0, 0.05) is 56.7 Å². The Hall–Kier alpha value is -3.15. The molecule has 3 aromatic carbocycles. The van der Waals surface area contributed by atoms with E-state index >= 15 is 0 Å². The maximum atomic E-state index is 9.81. The molecule has 0 amide bonds. The lowest BCUT2D eigenvalue weighted by Crippen LogP contribution is -2.39. The Morgan fingerprint density at radius 3 is 2.61 bits per heavy atom. The fraction of sp³-hybridized carbons (Fsp3) is 0.219. The molecule has 1 aliphatic carbocycles. The molecule has 0 radical (unpaired) electrons. The van der Waals surface area contributed by atoms with Gasteiger partial charge in [0.25, 0.3) is 0 Å². The lowest BCUT2D eigenvalue weighted by Gasteiger charge is -2.39. The second-order valence-electron chi connectivity index (χ2n) is 8.98. The molecule has 2 unspecified atom stereocenters. The Kier molecular flexibility index (Phi) is 5.66. The molecule has 2 aliphatic heterocycles. The van der Waals surface area contributed by atoms with Crippen molar-refractivity contribution in [1.29, 1.82) is 0 Å². The summed E-state index contributed by atoms with van der Waals surface area (Å²) in [4.78, 5) is 0.905. The molecule has 0 N–H and O–H groups in total. The van der Waals surface area contributed by atoms with Crippen LogP contribution in [0.2, 0.25) is 0 Å². The van der Waals surface area contributed by atoms with Crippen LogP contribution in [-0.2, 0) is 31.3 Å². The van der Waals surface area contributed by atoms with E-state index in [0.29, 0.717) is 24.2 Å². The van der Waals surface area contributed by atoms with E-state index in [0.717, 1.165) is 43.3 Å². The summed E-state index contributed by atoms with van der Waals surface area (Å²) in [6.45, 7) is 4.30. The van der Waals surface area contributed by atoms with Gasteiger partial charge < -0.3 is 14.2 Å². The minimum absolute atomic E-state index is 0.411.